The van der Waals surface area contributed by atoms with E-state index in [0.717, 1.165) is 12.0 Å². The number of amides is 3. The van der Waals surface area contributed by atoms with Crippen molar-refractivity contribution < 1.29 is 19.5 Å². The van der Waals surface area contributed by atoms with E-state index in [1.54, 1.807) is 52.6 Å². The number of rotatable bonds is 10. The minimum Gasteiger partial charge on any atom is -0.394 e. The summed E-state index contributed by atoms with van der Waals surface area (Å²) in [6.45, 7) is 12.3. The van der Waals surface area contributed by atoms with Crippen LogP contribution in [0.25, 0.3) is 0 Å². The van der Waals surface area contributed by atoms with Crippen LogP contribution in [-0.2, 0) is 20.9 Å². The molecule has 3 aliphatic heterocycles. The SMILES string of the molecule is C=CCN(C)C(=O)[C@@H]1[C@H]2C(=O)N([C@H](C)CO)C(C(=O)N(CC=C)Cc3ccccc3)C23CC[C@@]1(C)S3. The van der Waals surface area contributed by atoms with Gasteiger partial charge < -0.3 is 19.8 Å². The van der Waals surface area contributed by atoms with Crippen molar-refractivity contribution >= 4 is 29.5 Å². The van der Waals surface area contributed by atoms with Crippen LogP contribution in [0.1, 0.15) is 32.3 Å². The monoisotopic (exact) mass is 511 g/mol. The molecule has 4 rings (SSSR count). The lowest BCUT2D eigenvalue weighted by Crippen LogP contribution is -2.56. The molecule has 0 radical (unpaired) electrons. The first kappa shape index (κ1) is 26.5. The maximum Gasteiger partial charge on any atom is 0.247 e. The molecule has 2 bridgehead atoms. The van der Waals surface area contributed by atoms with E-state index in [-0.39, 0.29) is 24.3 Å². The Kier molecular flexibility index (Phi) is 7.40. The molecule has 3 aliphatic rings. The number of likely N-dealkylation sites (N-methyl/N-ethyl adjacent to an activating group) is 1. The standard InChI is InChI=1S/C28H37N3O4S/c1-6-15-29(5)24(33)21-22-25(34)31(19(3)18-32)23(28(22)14-13-27(21,4)36-28)26(35)30(16-7-2)17-20-11-9-8-10-12-20/h6-12,19,21-23,32H,1-2,13-18H2,3-5H3/t19-,21+,22+,23?,27-,28?/m1/s1. The summed E-state index contributed by atoms with van der Waals surface area (Å²) >= 11 is 1.65. The molecule has 2 unspecified atom stereocenters. The molecule has 3 amide bonds. The second kappa shape index (κ2) is 10.1. The van der Waals surface area contributed by atoms with Crippen LogP contribution in [0, 0.1) is 11.8 Å². The highest BCUT2D eigenvalue weighted by molar-refractivity contribution is 8.02. The normalized spacial score (nSPS) is 31.2. The Balaban J connectivity index is 1.77. The van der Waals surface area contributed by atoms with Gasteiger partial charge in [0.25, 0.3) is 0 Å². The van der Waals surface area contributed by atoms with E-state index < -0.39 is 33.4 Å². The number of nitrogens with zero attached hydrogens (tertiary/aromatic N) is 3. The third-order valence-electron chi connectivity index (χ3n) is 8.11. The number of carbonyl (C=O) groups excluding carboxylic acids is 3. The van der Waals surface area contributed by atoms with Gasteiger partial charge >= 0.3 is 0 Å². The number of aliphatic hydroxyl groups excluding tert-OH is 1. The van der Waals surface area contributed by atoms with Crippen molar-refractivity contribution in [2.24, 2.45) is 11.8 Å². The van der Waals surface area contributed by atoms with Crippen LogP contribution in [-0.4, -0.2) is 85.8 Å². The smallest absolute Gasteiger partial charge is 0.247 e. The van der Waals surface area contributed by atoms with Gasteiger partial charge in [-0.25, -0.2) is 0 Å². The number of hydrogen-bond donors (Lipinski definition) is 1. The molecule has 1 aromatic carbocycles. The zero-order chi connectivity index (χ0) is 26.3. The lowest BCUT2D eigenvalue weighted by Gasteiger charge is -2.39. The summed E-state index contributed by atoms with van der Waals surface area (Å²) in [5.74, 6) is -1.57. The van der Waals surface area contributed by atoms with Crippen molar-refractivity contribution in [1.82, 2.24) is 14.7 Å². The third-order valence-corrected chi connectivity index (χ3v) is 10.1. The highest BCUT2D eigenvalue weighted by atomic mass is 32.2. The van der Waals surface area contributed by atoms with Gasteiger partial charge in [-0.3, -0.25) is 14.4 Å². The molecule has 0 aromatic heterocycles. The van der Waals surface area contributed by atoms with Crippen LogP contribution in [0.2, 0.25) is 0 Å². The van der Waals surface area contributed by atoms with Crippen molar-refractivity contribution in [1.29, 1.82) is 0 Å². The molecule has 1 aromatic rings. The number of fused-ring (bicyclic) bond motifs is 1. The summed E-state index contributed by atoms with van der Waals surface area (Å²) in [5, 5.41) is 10.1. The van der Waals surface area contributed by atoms with Gasteiger partial charge in [-0.1, -0.05) is 42.5 Å². The van der Waals surface area contributed by atoms with Gasteiger partial charge in [0.1, 0.15) is 6.04 Å². The number of benzene rings is 1. The van der Waals surface area contributed by atoms with Gasteiger partial charge in [-0.05, 0) is 32.3 Å². The summed E-state index contributed by atoms with van der Waals surface area (Å²) in [4.78, 5) is 47.0. The fourth-order valence-corrected chi connectivity index (χ4v) is 8.80. The third kappa shape index (κ3) is 4.08. The van der Waals surface area contributed by atoms with E-state index in [1.165, 1.54) is 0 Å². The molecular weight excluding hydrogens is 474 g/mol. The van der Waals surface area contributed by atoms with Gasteiger partial charge in [0.2, 0.25) is 17.7 Å². The molecule has 3 heterocycles. The summed E-state index contributed by atoms with van der Waals surface area (Å²) in [5.41, 5.74) is 0.988. The van der Waals surface area contributed by atoms with E-state index in [1.807, 2.05) is 30.3 Å². The average molecular weight is 512 g/mol. The number of likely N-dealkylation sites (tertiary alicyclic amines) is 1. The molecule has 8 heteroatoms. The Morgan fingerprint density at radius 2 is 1.86 bits per heavy atom. The highest BCUT2D eigenvalue weighted by Crippen LogP contribution is 2.71. The zero-order valence-electron chi connectivity index (χ0n) is 21.4. The summed E-state index contributed by atoms with van der Waals surface area (Å²) in [6.07, 6.45) is 4.81. The lowest BCUT2D eigenvalue weighted by molar-refractivity contribution is -0.147. The van der Waals surface area contributed by atoms with Gasteiger partial charge in [0, 0.05) is 31.4 Å². The molecule has 3 fully saturated rings. The fraction of sp³-hybridized carbons (Fsp3) is 0.536. The largest absolute Gasteiger partial charge is 0.394 e. The first-order chi connectivity index (χ1) is 17.1. The molecule has 194 valence electrons. The van der Waals surface area contributed by atoms with Crippen molar-refractivity contribution in [3.8, 4) is 0 Å². The van der Waals surface area contributed by atoms with Crippen molar-refractivity contribution in [2.45, 2.75) is 54.8 Å². The minimum atomic E-state index is -0.754. The van der Waals surface area contributed by atoms with E-state index in [9.17, 15) is 19.5 Å². The van der Waals surface area contributed by atoms with Crippen molar-refractivity contribution in [3.63, 3.8) is 0 Å². The quantitative estimate of drug-likeness (QED) is 0.489. The van der Waals surface area contributed by atoms with Crippen LogP contribution in [0.4, 0.5) is 0 Å². The van der Waals surface area contributed by atoms with Gasteiger partial charge in [0.15, 0.2) is 0 Å². The molecule has 1 N–H and O–H groups in total. The topological polar surface area (TPSA) is 81.2 Å². The highest BCUT2D eigenvalue weighted by Gasteiger charge is 2.77. The zero-order valence-corrected chi connectivity index (χ0v) is 22.2. The minimum absolute atomic E-state index is 0.0817. The first-order valence-corrected chi connectivity index (χ1v) is 13.4. The summed E-state index contributed by atoms with van der Waals surface area (Å²) < 4.78 is -1.14. The molecule has 7 nitrogen and oxygen atoms in total. The van der Waals surface area contributed by atoms with E-state index >= 15 is 0 Å². The second-order valence-electron chi connectivity index (χ2n) is 10.5. The Bertz CT molecular complexity index is 1050. The lowest BCUT2D eigenvalue weighted by atomic mass is 9.66. The number of hydrogen-bond acceptors (Lipinski definition) is 5. The van der Waals surface area contributed by atoms with E-state index in [0.29, 0.717) is 26.1 Å². The van der Waals surface area contributed by atoms with Crippen molar-refractivity contribution in [3.05, 3.63) is 61.2 Å². The molecule has 0 aliphatic carbocycles. The number of thioether (sulfide) groups is 1. The average Bonchev–Trinajstić information content (AvgIpc) is 3.44. The van der Waals surface area contributed by atoms with Crippen LogP contribution in [0.3, 0.4) is 0 Å². The number of carbonyl (C=O) groups is 3. The van der Waals surface area contributed by atoms with E-state index in [2.05, 4.69) is 20.1 Å². The van der Waals surface area contributed by atoms with Crippen LogP contribution < -0.4 is 0 Å². The predicted molar refractivity (Wildman–Crippen MR) is 142 cm³/mol. The summed E-state index contributed by atoms with van der Waals surface area (Å²) in [7, 11) is 1.73. The second-order valence-corrected chi connectivity index (χ2v) is 12.4. The molecule has 6 atom stereocenters. The molecule has 1 spiro atoms. The van der Waals surface area contributed by atoms with Crippen molar-refractivity contribution in [2.75, 3.05) is 26.7 Å². The van der Waals surface area contributed by atoms with Gasteiger partial charge in [-0.2, -0.15) is 0 Å². The summed E-state index contributed by atoms with van der Waals surface area (Å²) in [6, 6.07) is 8.45. The number of aliphatic hydroxyl groups is 1. The van der Waals surface area contributed by atoms with E-state index in [4.69, 9.17) is 0 Å². The van der Waals surface area contributed by atoms with Gasteiger partial charge in [0.05, 0.1) is 29.2 Å². The molecule has 36 heavy (non-hydrogen) atoms. The Morgan fingerprint density at radius 1 is 1.19 bits per heavy atom. The van der Waals surface area contributed by atoms with Crippen LogP contribution in [0.15, 0.2) is 55.6 Å². The van der Waals surface area contributed by atoms with Gasteiger partial charge in [-0.15, -0.1) is 24.9 Å². The Hall–Kier alpha value is -2.58. The van der Waals surface area contributed by atoms with Crippen LogP contribution >= 0.6 is 11.8 Å². The van der Waals surface area contributed by atoms with Crippen LogP contribution in [0.5, 0.6) is 0 Å². The Morgan fingerprint density at radius 3 is 2.47 bits per heavy atom. The first-order valence-electron chi connectivity index (χ1n) is 12.6. The maximum atomic E-state index is 14.3. The molecule has 0 saturated carbocycles. The maximum absolute atomic E-state index is 14.3. The molecule has 3 saturated heterocycles. The molecular formula is C28H37N3O4S. The Labute approximate surface area is 218 Å². The predicted octanol–water partition coefficient (Wildman–Crippen LogP) is 2.71. The fourth-order valence-electron chi connectivity index (χ4n) is 6.47.